The second-order valence-electron chi connectivity index (χ2n) is 5.28. The van der Waals surface area contributed by atoms with Crippen LogP contribution in [0.15, 0.2) is 30.3 Å². The zero-order valence-corrected chi connectivity index (χ0v) is 13.1. The van der Waals surface area contributed by atoms with Gasteiger partial charge in [0.05, 0.1) is 18.5 Å². The van der Waals surface area contributed by atoms with Crippen molar-refractivity contribution in [3.8, 4) is 5.69 Å². The average molecular weight is 322 g/mol. The average Bonchev–Trinajstić information content (AvgIpc) is 2.96. The van der Waals surface area contributed by atoms with Crippen LogP contribution in [-0.2, 0) is 16.6 Å². The van der Waals surface area contributed by atoms with Crippen LogP contribution in [0.3, 0.4) is 0 Å². The van der Waals surface area contributed by atoms with Crippen LogP contribution in [0.4, 0.5) is 0 Å². The molecule has 0 amide bonds. The van der Waals surface area contributed by atoms with Gasteiger partial charge in [0.25, 0.3) is 0 Å². The number of aromatic nitrogens is 4. The highest BCUT2D eigenvalue weighted by atomic mass is 32.2. The van der Waals surface area contributed by atoms with Crippen molar-refractivity contribution < 1.29 is 8.42 Å². The second kappa shape index (κ2) is 6.11. The van der Waals surface area contributed by atoms with Gasteiger partial charge in [0.2, 0.25) is 10.0 Å². The fourth-order valence-corrected chi connectivity index (χ4v) is 3.32. The Labute approximate surface area is 129 Å². The lowest BCUT2D eigenvalue weighted by atomic mass is 10.3. The number of benzene rings is 1. The standard InChI is InChI=1S/C13H18N6O2S/c1-22(20,21)18-9-7-17(8-10-18)11-13-14-15-16-19(13)12-5-3-2-4-6-12/h2-6H,7-11H2,1H3. The van der Waals surface area contributed by atoms with Gasteiger partial charge < -0.3 is 0 Å². The van der Waals surface area contributed by atoms with E-state index < -0.39 is 10.0 Å². The summed E-state index contributed by atoms with van der Waals surface area (Å²) in [4.78, 5) is 2.16. The molecule has 0 bridgehead atoms. The van der Waals surface area contributed by atoms with E-state index in [9.17, 15) is 8.42 Å². The van der Waals surface area contributed by atoms with Gasteiger partial charge in [0.1, 0.15) is 0 Å². The van der Waals surface area contributed by atoms with Crippen molar-refractivity contribution in [2.45, 2.75) is 6.54 Å². The number of piperazine rings is 1. The minimum atomic E-state index is -3.10. The summed E-state index contributed by atoms with van der Waals surface area (Å²) in [5.74, 6) is 0.749. The van der Waals surface area contributed by atoms with E-state index in [1.807, 2.05) is 30.3 Å². The maximum Gasteiger partial charge on any atom is 0.211 e. The second-order valence-corrected chi connectivity index (χ2v) is 7.26. The molecule has 0 N–H and O–H groups in total. The Morgan fingerprint density at radius 1 is 1.09 bits per heavy atom. The lowest BCUT2D eigenvalue weighted by molar-refractivity contribution is 0.177. The Morgan fingerprint density at radius 3 is 2.41 bits per heavy atom. The largest absolute Gasteiger partial charge is 0.293 e. The highest BCUT2D eigenvalue weighted by Gasteiger charge is 2.24. The fourth-order valence-electron chi connectivity index (χ4n) is 2.49. The molecule has 22 heavy (non-hydrogen) atoms. The van der Waals surface area contributed by atoms with Crippen LogP contribution in [0, 0.1) is 0 Å². The number of para-hydroxylation sites is 1. The van der Waals surface area contributed by atoms with Crippen molar-refractivity contribution in [2.75, 3.05) is 32.4 Å². The van der Waals surface area contributed by atoms with Crippen molar-refractivity contribution in [3.05, 3.63) is 36.2 Å². The van der Waals surface area contributed by atoms with Crippen LogP contribution in [0.2, 0.25) is 0 Å². The van der Waals surface area contributed by atoms with Gasteiger partial charge in [-0.3, -0.25) is 4.90 Å². The van der Waals surface area contributed by atoms with E-state index in [2.05, 4.69) is 20.4 Å². The molecule has 1 aliphatic heterocycles. The van der Waals surface area contributed by atoms with Crippen molar-refractivity contribution in [3.63, 3.8) is 0 Å². The third-order valence-corrected chi connectivity index (χ3v) is 5.00. The Hall–Kier alpha value is -1.84. The zero-order chi connectivity index (χ0) is 15.6. The van der Waals surface area contributed by atoms with E-state index in [0.717, 1.165) is 11.5 Å². The number of hydrogen-bond acceptors (Lipinski definition) is 6. The van der Waals surface area contributed by atoms with Gasteiger partial charge in [-0.2, -0.15) is 8.99 Å². The van der Waals surface area contributed by atoms with Crippen molar-refractivity contribution in [2.24, 2.45) is 0 Å². The van der Waals surface area contributed by atoms with Crippen LogP contribution >= 0.6 is 0 Å². The summed E-state index contributed by atoms with van der Waals surface area (Å²) < 4.78 is 26.3. The molecule has 0 atom stereocenters. The van der Waals surface area contributed by atoms with Gasteiger partial charge in [-0.15, -0.1) is 5.10 Å². The first-order chi connectivity index (χ1) is 10.5. The molecule has 0 unspecified atom stereocenters. The molecule has 1 aromatic carbocycles. The van der Waals surface area contributed by atoms with Gasteiger partial charge in [-0.05, 0) is 22.6 Å². The van der Waals surface area contributed by atoms with Gasteiger partial charge in [-0.25, -0.2) is 8.42 Å². The third-order valence-electron chi connectivity index (χ3n) is 3.70. The van der Waals surface area contributed by atoms with Gasteiger partial charge in [0, 0.05) is 26.2 Å². The zero-order valence-electron chi connectivity index (χ0n) is 12.3. The summed E-state index contributed by atoms with van der Waals surface area (Å²) in [5.41, 5.74) is 0.914. The first-order valence-corrected chi connectivity index (χ1v) is 8.89. The Balaban J connectivity index is 1.68. The maximum atomic E-state index is 11.5. The molecule has 0 spiro atoms. The minimum absolute atomic E-state index is 0.506. The van der Waals surface area contributed by atoms with E-state index >= 15 is 0 Å². The van der Waals surface area contributed by atoms with E-state index in [0.29, 0.717) is 32.7 Å². The molecule has 1 aromatic heterocycles. The number of rotatable bonds is 4. The predicted octanol–water partition coefficient (Wildman–Crippen LogP) is -0.260. The van der Waals surface area contributed by atoms with Crippen LogP contribution < -0.4 is 0 Å². The fraction of sp³-hybridized carbons (Fsp3) is 0.462. The summed E-state index contributed by atoms with van der Waals surface area (Å²) >= 11 is 0. The van der Waals surface area contributed by atoms with Crippen LogP contribution in [-0.4, -0.2) is 70.3 Å². The van der Waals surface area contributed by atoms with Gasteiger partial charge in [0.15, 0.2) is 5.82 Å². The smallest absolute Gasteiger partial charge is 0.211 e. The van der Waals surface area contributed by atoms with Crippen LogP contribution in [0.1, 0.15) is 5.82 Å². The molecular formula is C13H18N6O2S. The third kappa shape index (κ3) is 3.32. The SMILES string of the molecule is CS(=O)(=O)N1CCN(Cc2nnnn2-c2ccccc2)CC1. The molecular weight excluding hydrogens is 304 g/mol. The summed E-state index contributed by atoms with van der Waals surface area (Å²) in [6, 6.07) is 9.71. The normalized spacial score (nSPS) is 17.7. The molecule has 0 aliphatic carbocycles. The molecule has 8 nitrogen and oxygen atoms in total. The highest BCUT2D eigenvalue weighted by Crippen LogP contribution is 2.12. The summed E-state index contributed by atoms with van der Waals surface area (Å²) in [5, 5.41) is 11.9. The van der Waals surface area contributed by atoms with Crippen LogP contribution in [0.5, 0.6) is 0 Å². The molecule has 0 radical (unpaired) electrons. The number of nitrogens with zero attached hydrogens (tertiary/aromatic N) is 6. The van der Waals surface area contributed by atoms with Crippen molar-refractivity contribution in [1.29, 1.82) is 0 Å². The van der Waals surface area contributed by atoms with Crippen molar-refractivity contribution >= 4 is 10.0 Å². The van der Waals surface area contributed by atoms with Crippen molar-refractivity contribution in [1.82, 2.24) is 29.4 Å². The molecule has 0 saturated carbocycles. The lowest BCUT2D eigenvalue weighted by Gasteiger charge is -2.32. The highest BCUT2D eigenvalue weighted by molar-refractivity contribution is 7.88. The van der Waals surface area contributed by atoms with E-state index in [4.69, 9.17) is 0 Å². The quantitative estimate of drug-likeness (QED) is 0.771. The topological polar surface area (TPSA) is 84.2 Å². The molecule has 2 aromatic rings. The summed E-state index contributed by atoms with van der Waals surface area (Å²) in [7, 11) is -3.10. The summed E-state index contributed by atoms with van der Waals surface area (Å²) in [6.45, 7) is 2.96. The first kappa shape index (κ1) is 15.1. The molecule has 1 aliphatic rings. The lowest BCUT2D eigenvalue weighted by Crippen LogP contribution is -2.48. The number of tetrazole rings is 1. The Morgan fingerprint density at radius 2 is 1.77 bits per heavy atom. The maximum absolute atomic E-state index is 11.5. The molecule has 1 fully saturated rings. The van der Waals surface area contributed by atoms with Gasteiger partial charge in [-0.1, -0.05) is 18.2 Å². The van der Waals surface area contributed by atoms with E-state index in [1.54, 1.807) is 4.68 Å². The van der Waals surface area contributed by atoms with E-state index in [1.165, 1.54) is 10.6 Å². The van der Waals surface area contributed by atoms with E-state index in [-0.39, 0.29) is 0 Å². The predicted molar refractivity (Wildman–Crippen MR) is 80.8 cm³/mol. The minimum Gasteiger partial charge on any atom is -0.293 e. The molecule has 2 heterocycles. The monoisotopic (exact) mass is 322 g/mol. The molecule has 1 saturated heterocycles. The Kier molecular flexibility index (Phi) is 4.19. The summed E-state index contributed by atoms with van der Waals surface area (Å²) in [6.07, 6.45) is 1.25. The van der Waals surface area contributed by atoms with Crippen LogP contribution in [0.25, 0.3) is 5.69 Å². The number of hydrogen-bond donors (Lipinski definition) is 0. The molecule has 9 heteroatoms. The molecule has 118 valence electrons. The number of sulfonamides is 1. The first-order valence-electron chi connectivity index (χ1n) is 7.04. The Bertz CT molecular complexity index is 722. The van der Waals surface area contributed by atoms with Gasteiger partial charge >= 0.3 is 0 Å². The molecule has 3 rings (SSSR count).